The zero-order valence-corrected chi connectivity index (χ0v) is 10.4. The van der Waals surface area contributed by atoms with Crippen molar-refractivity contribution in [2.75, 3.05) is 18.8 Å². The topological polar surface area (TPSA) is 12.0 Å². The molecule has 0 radical (unpaired) electrons. The van der Waals surface area contributed by atoms with E-state index in [-0.39, 0.29) is 0 Å². The quantitative estimate of drug-likeness (QED) is 0.608. The largest absolute Gasteiger partial charge is 0.316 e. The van der Waals surface area contributed by atoms with Crippen LogP contribution in [-0.2, 0) is 0 Å². The predicted molar refractivity (Wildman–Crippen MR) is 64.5 cm³/mol. The van der Waals surface area contributed by atoms with Crippen LogP contribution in [0.2, 0.25) is 0 Å². The molecule has 0 aromatic carbocycles. The highest BCUT2D eigenvalue weighted by atomic mass is 32.2. The third-order valence-corrected chi connectivity index (χ3v) is 3.45. The minimum Gasteiger partial charge on any atom is -0.316 e. The highest BCUT2D eigenvalue weighted by Gasteiger charge is 1.98. The molecule has 0 aromatic heterocycles. The molecule has 0 aromatic rings. The summed E-state index contributed by atoms with van der Waals surface area (Å²) in [5.41, 5.74) is 0. The monoisotopic (exact) mass is 203 g/mol. The molecule has 0 aliphatic heterocycles. The molecular weight excluding hydrogens is 178 g/mol. The highest BCUT2D eigenvalue weighted by Crippen LogP contribution is 2.13. The minimum absolute atomic E-state index is 0.780. The average Bonchev–Trinajstić information content (AvgIpc) is 2.10. The van der Waals surface area contributed by atoms with Gasteiger partial charge in [-0.1, -0.05) is 27.7 Å². The van der Waals surface area contributed by atoms with Gasteiger partial charge in [-0.3, -0.25) is 0 Å². The van der Waals surface area contributed by atoms with E-state index >= 15 is 0 Å². The van der Waals surface area contributed by atoms with Crippen molar-refractivity contribution in [1.29, 1.82) is 0 Å². The van der Waals surface area contributed by atoms with Crippen LogP contribution in [0.5, 0.6) is 0 Å². The summed E-state index contributed by atoms with van der Waals surface area (Å²) in [6.45, 7) is 11.4. The molecule has 0 aliphatic rings. The summed E-state index contributed by atoms with van der Waals surface area (Å²) >= 11 is 2.10. The molecule has 0 saturated heterocycles. The van der Waals surface area contributed by atoms with Gasteiger partial charge in [0.2, 0.25) is 0 Å². The summed E-state index contributed by atoms with van der Waals surface area (Å²) in [7, 11) is 0. The first kappa shape index (κ1) is 13.3. The highest BCUT2D eigenvalue weighted by molar-refractivity contribution is 7.99. The second kappa shape index (κ2) is 8.89. The molecule has 13 heavy (non-hydrogen) atoms. The Kier molecular flexibility index (Phi) is 9.10. The summed E-state index contributed by atoms with van der Waals surface area (Å²) in [6.07, 6.45) is 2.60. The summed E-state index contributed by atoms with van der Waals surface area (Å²) in [5, 5.41) is 4.30. The van der Waals surface area contributed by atoms with Crippen LogP contribution in [0.1, 0.15) is 40.5 Å². The lowest BCUT2D eigenvalue weighted by atomic mass is 10.2. The Morgan fingerprint density at radius 3 is 2.46 bits per heavy atom. The maximum Gasteiger partial charge on any atom is 0.00161 e. The smallest absolute Gasteiger partial charge is 0.00161 e. The van der Waals surface area contributed by atoms with E-state index in [9.17, 15) is 0 Å². The molecule has 0 saturated carbocycles. The second-order valence-electron chi connectivity index (χ2n) is 4.04. The number of nitrogens with one attached hydrogen (secondary N) is 1. The van der Waals surface area contributed by atoms with E-state index in [0.29, 0.717) is 0 Å². The summed E-state index contributed by atoms with van der Waals surface area (Å²) in [5.74, 6) is 2.09. The summed E-state index contributed by atoms with van der Waals surface area (Å²) in [6, 6.07) is 0. The maximum absolute atomic E-state index is 3.46. The maximum atomic E-state index is 3.46. The van der Waals surface area contributed by atoms with Crippen LogP contribution in [0.4, 0.5) is 0 Å². The van der Waals surface area contributed by atoms with Crippen LogP contribution in [0, 0.1) is 5.92 Å². The molecule has 1 atom stereocenters. The Morgan fingerprint density at radius 1 is 1.23 bits per heavy atom. The lowest BCUT2D eigenvalue weighted by molar-refractivity contribution is 0.551. The Morgan fingerprint density at radius 2 is 1.92 bits per heavy atom. The SMILES string of the molecule is CCC(C)SCCCNCC(C)C. The van der Waals surface area contributed by atoms with Crippen molar-refractivity contribution in [3.8, 4) is 0 Å². The van der Waals surface area contributed by atoms with Gasteiger partial charge in [-0.15, -0.1) is 0 Å². The van der Waals surface area contributed by atoms with Crippen molar-refractivity contribution in [2.45, 2.75) is 45.8 Å². The van der Waals surface area contributed by atoms with Gasteiger partial charge in [0.15, 0.2) is 0 Å². The second-order valence-corrected chi connectivity index (χ2v) is 5.59. The minimum atomic E-state index is 0.780. The fraction of sp³-hybridized carbons (Fsp3) is 1.00. The van der Waals surface area contributed by atoms with Crippen molar-refractivity contribution >= 4 is 11.8 Å². The van der Waals surface area contributed by atoms with E-state index in [4.69, 9.17) is 0 Å². The standard InChI is InChI=1S/C11H25NS/c1-5-11(4)13-8-6-7-12-9-10(2)3/h10-12H,5-9H2,1-4H3. The number of rotatable bonds is 8. The van der Waals surface area contributed by atoms with E-state index < -0.39 is 0 Å². The van der Waals surface area contributed by atoms with Gasteiger partial charge < -0.3 is 5.32 Å². The van der Waals surface area contributed by atoms with Gasteiger partial charge >= 0.3 is 0 Å². The van der Waals surface area contributed by atoms with Gasteiger partial charge in [-0.2, -0.15) is 11.8 Å². The molecule has 1 N–H and O–H groups in total. The third kappa shape index (κ3) is 10.2. The molecule has 0 fully saturated rings. The van der Waals surface area contributed by atoms with Gasteiger partial charge in [0.05, 0.1) is 0 Å². The first-order valence-corrected chi connectivity index (χ1v) is 6.54. The lowest BCUT2D eigenvalue weighted by Gasteiger charge is -2.09. The van der Waals surface area contributed by atoms with Crippen molar-refractivity contribution in [1.82, 2.24) is 5.32 Å². The van der Waals surface area contributed by atoms with Gasteiger partial charge in [0.25, 0.3) is 0 Å². The summed E-state index contributed by atoms with van der Waals surface area (Å²) in [4.78, 5) is 0. The lowest BCUT2D eigenvalue weighted by Crippen LogP contribution is -2.21. The molecule has 0 heterocycles. The Bertz CT molecular complexity index is 104. The zero-order valence-electron chi connectivity index (χ0n) is 9.60. The molecule has 0 bridgehead atoms. The zero-order chi connectivity index (χ0) is 10.1. The predicted octanol–water partition coefficient (Wildman–Crippen LogP) is 3.15. The molecule has 0 spiro atoms. The number of thioether (sulfide) groups is 1. The normalized spacial score (nSPS) is 13.6. The molecule has 80 valence electrons. The summed E-state index contributed by atoms with van der Waals surface area (Å²) < 4.78 is 0. The molecule has 1 unspecified atom stereocenters. The van der Waals surface area contributed by atoms with Crippen LogP contribution in [0.25, 0.3) is 0 Å². The molecular formula is C11H25NS. The van der Waals surface area contributed by atoms with Crippen LogP contribution in [0.15, 0.2) is 0 Å². The molecule has 0 rings (SSSR count). The van der Waals surface area contributed by atoms with Crippen molar-refractivity contribution < 1.29 is 0 Å². The van der Waals surface area contributed by atoms with Crippen LogP contribution < -0.4 is 5.32 Å². The van der Waals surface area contributed by atoms with Gasteiger partial charge in [-0.05, 0) is 37.6 Å². The first-order valence-electron chi connectivity index (χ1n) is 5.49. The molecule has 0 amide bonds. The fourth-order valence-corrected chi connectivity index (χ4v) is 1.94. The van der Waals surface area contributed by atoms with E-state index in [2.05, 4.69) is 44.8 Å². The molecule has 2 heteroatoms. The van der Waals surface area contributed by atoms with Gasteiger partial charge in [0, 0.05) is 5.25 Å². The van der Waals surface area contributed by atoms with Crippen molar-refractivity contribution in [3.05, 3.63) is 0 Å². The number of hydrogen-bond donors (Lipinski definition) is 1. The van der Waals surface area contributed by atoms with E-state index in [1.54, 1.807) is 0 Å². The molecule has 1 nitrogen and oxygen atoms in total. The van der Waals surface area contributed by atoms with Gasteiger partial charge in [-0.25, -0.2) is 0 Å². The Hall–Kier alpha value is 0.310. The molecule has 0 aliphatic carbocycles. The third-order valence-electron chi connectivity index (χ3n) is 2.03. The van der Waals surface area contributed by atoms with Crippen LogP contribution >= 0.6 is 11.8 Å². The van der Waals surface area contributed by atoms with Crippen molar-refractivity contribution in [2.24, 2.45) is 5.92 Å². The van der Waals surface area contributed by atoms with Crippen molar-refractivity contribution in [3.63, 3.8) is 0 Å². The first-order chi connectivity index (χ1) is 6.16. The van der Waals surface area contributed by atoms with E-state index in [1.807, 2.05) is 0 Å². The Labute approximate surface area is 88.1 Å². The van der Waals surface area contributed by atoms with E-state index in [1.165, 1.54) is 25.1 Å². The average molecular weight is 203 g/mol. The number of hydrogen-bond acceptors (Lipinski definition) is 2. The van der Waals surface area contributed by atoms with E-state index in [0.717, 1.165) is 17.7 Å². The van der Waals surface area contributed by atoms with Gasteiger partial charge in [0.1, 0.15) is 0 Å². The fourth-order valence-electron chi connectivity index (χ4n) is 0.990. The Balaban J connectivity index is 2.99. The van der Waals surface area contributed by atoms with Crippen LogP contribution in [0.3, 0.4) is 0 Å². The van der Waals surface area contributed by atoms with Crippen LogP contribution in [-0.4, -0.2) is 24.1 Å².